The lowest BCUT2D eigenvalue weighted by Crippen LogP contribution is -2.28. The number of methoxy groups -OCH3 is 1. The zero-order chi connectivity index (χ0) is 17.8. The molecule has 0 saturated carbocycles. The molecule has 0 saturated heterocycles. The van der Waals surface area contributed by atoms with Gasteiger partial charge in [-0.25, -0.2) is 9.67 Å². The maximum absolute atomic E-state index is 5.19. The predicted octanol–water partition coefficient (Wildman–Crippen LogP) is 1.03. The van der Waals surface area contributed by atoms with Crippen molar-refractivity contribution in [2.24, 2.45) is 0 Å². The number of benzene rings is 1. The Morgan fingerprint density at radius 2 is 2.08 bits per heavy atom. The fourth-order valence-electron chi connectivity index (χ4n) is 3.10. The number of aromatic nitrogens is 6. The molecule has 1 aliphatic rings. The summed E-state index contributed by atoms with van der Waals surface area (Å²) in [4.78, 5) is 4.41. The van der Waals surface area contributed by atoms with Crippen LogP contribution in [0.2, 0.25) is 0 Å². The predicted molar refractivity (Wildman–Crippen MR) is 95.8 cm³/mol. The Balaban J connectivity index is 1.36. The first kappa shape index (κ1) is 16.5. The van der Waals surface area contributed by atoms with Gasteiger partial charge >= 0.3 is 0 Å². The zero-order valence-corrected chi connectivity index (χ0v) is 14.7. The molecule has 3 aromatic rings. The van der Waals surface area contributed by atoms with Crippen molar-refractivity contribution in [3.8, 4) is 5.75 Å². The second-order valence-corrected chi connectivity index (χ2v) is 6.21. The van der Waals surface area contributed by atoms with Gasteiger partial charge in [0.2, 0.25) is 0 Å². The van der Waals surface area contributed by atoms with Crippen LogP contribution in [0.25, 0.3) is 0 Å². The lowest BCUT2D eigenvalue weighted by atomic mass is 10.1. The number of hydrogen-bond acceptors (Lipinski definition) is 7. The standard InChI is InChI=1S/C17H22N8O/c1-26-14-5-3-13(4-6-14)9-16-21-22-23-25(16)8-2-7-24-12-20-17-15(24)10-18-11-19-17/h3-6,12,18-19H,2,7-11H2,1H3. The third-order valence-corrected chi connectivity index (χ3v) is 4.52. The lowest BCUT2D eigenvalue weighted by Gasteiger charge is -2.16. The average molecular weight is 354 g/mol. The highest BCUT2D eigenvalue weighted by Gasteiger charge is 2.14. The molecule has 9 heteroatoms. The minimum Gasteiger partial charge on any atom is -0.497 e. The van der Waals surface area contributed by atoms with Gasteiger partial charge in [0, 0.05) is 26.1 Å². The molecule has 0 radical (unpaired) electrons. The van der Waals surface area contributed by atoms with Crippen LogP contribution in [0.4, 0.5) is 5.82 Å². The number of aryl methyl sites for hydroxylation is 2. The molecule has 136 valence electrons. The molecular weight excluding hydrogens is 332 g/mol. The van der Waals surface area contributed by atoms with Crippen molar-refractivity contribution < 1.29 is 4.74 Å². The van der Waals surface area contributed by atoms with Crippen molar-refractivity contribution in [3.05, 3.63) is 47.7 Å². The molecule has 3 heterocycles. The molecule has 0 amide bonds. The summed E-state index contributed by atoms with van der Waals surface area (Å²) in [6.45, 7) is 3.26. The van der Waals surface area contributed by atoms with Gasteiger partial charge in [-0.1, -0.05) is 12.1 Å². The first-order valence-electron chi connectivity index (χ1n) is 8.70. The molecule has 2 N–H and O–H groups in total. The van der Waals surface area contributed by atoms with Gasteiger partial charge < -0.3 is 14.6 Å². The molecule has 26 heavy (non-hydrogen) atoms. The van der Waals surface area contributed by atoms with E-state index in [1.165, 1.54) is 5.69 Å². The molecule has 0 spiro atoms. The minimum absolute atomic E-state index is 0.700. The van der Waals surface area contributed by atoms with E-state index in [0.717, 1.165) is 55.7 Å². The second-order valence-electron chi connectivity index (χ2n) is 6.21. The van der Waals surface area contributed by atoms with Crippen LogP contribution in [0, 0.1) is 0 Å². The number of imidazole rings is 1. The molecule has 9 nitrogen and oxygen atoms in total. The number of tetrazole rings is 1. The van der Waals surface area contributed by atoms with Crippen LogP contribution >= 0.6 is 0 Å². The number of fused-ring (bicyclic) bond motifs is 1. The highest BCUT2D eigenvalue weighted by molar-refractivity contribution is 5.42. The number of anilines is 1. The van der Waals surface area contributed by atoms with Crippen LogP contribution in [0.5, 0.6) is 5.75 Å². The Morgan fingerprint density at radius 3 is 2.92 bits per heavy atom. The van der Waals surface area contributed by atoms with Crippen molar-refractivity contribution in [2.75, 3.05) is 19.1 Å². The highest BCUT2D eigenvalue weighted by atomic mass is 16.5. The highest BCUT2D eigenvalue weighted by Crippen LogP contribution is 2.17. The maximum Gasteiger partial charge on any atom is 0.155 e. The number of ether oxygens (including phenoxy) is 1. The van der Waals surface area contributed by atoms with Crippen molar-refractivity contribution in [3.63, 3.8) is 0 Å². The molecular formula is C17H22N8O. The van der Waals surface area contributed by atoms with Crippen LogP contribution < -0.4 is 15.4 Å². The summed E-state index contributed by atoms with van der Waals surface area (Å²) in [7, 11) is 1.67. The van der Waals surface area contributed by atoms with Gasteiger partial charge in [0.15, 0.2) is 5.82 Å². The average Bonchev–Trinajstić information content (AvgIpc) is 3.30. The smallest absolute Gasteiger partial charge is 0.155 e. The van der Waals surface area contributed by atoms with E-state index in [0.29, 0.717) is 6.42 Å². The summed E-state index contributed by atoms with van der Waals surface area (Å²) >= 11 is 0. The Morgan fingerprint density at radius 1 is 1.19 bits per heavy atom. The Labute approximate surface area is 151 Å². The Hall–Kier alpha value is -2.94. The summed E-state index contributed by atoms with van der Waals surface area (Å²) in [5.74, 6) is 2.69. The fourth-order valence-corrected chi connectivity index (χ4v) is 3.10. The number of nitrogens with one attached hydrogen (secondary N) is 2. The topological polar surface area (TPSA) is 94.7 Å². The van der Waals surface area contributed by atoms with Crippen LogP contribution in [-0.4, -0.2) is 43.5 Å². The first-order chi connectivity index (χ1) is 12.8. The number of rotatable bonds is 7. The van der Waals surface area contributed by atoms with E-state index >= 15 is 0 Å². The molecule has 0 fully saturated rings. The third kappa shape index (κ3) is 3.52. The first-order valence-corrected chi connectivity index (χ1v) is 8.70. The van der Waals surface area contributed by atoms with E-state index in [4.69, 9.17) is 4.74 Å². The van der Waals surface area contributed by atoms with E-state index in [-0.39, 0.29) is 0 Å². The zero-order valence-electron chi connectivity index (χ0n) is 14.7. The van der Waals surface area contributed by atoms with E-state index < -0.39 is 0 Å². The summed E-state index contributed by atoms with van der Waals surface area (Å²) in [5.41, 5.74) is 2.36. The summed E-state index contributed by atoms with van der Waals surface area (Å²) in [6.07, 6.45) is 3.53. The fraction of sp³-hybridized carbons (Fsp3) is 0.412. The molecule has 0 atom stereocenters. The number of hydrogen-bond donors (Lipinski definition) is 2. The van der Waals surface area contributed by atoms with E-state index in [1.807, 2.05) is 35.3 Å². The van der Waals surface area contributed by atoms with Gasteiger partial charge in [-0.3, -0.25) is 5.32 Å². The summed E-state index contributed by atoms with van der Waals surface area (Å²) < 4.78 is 9.26. The van der Waals surface area contributed by atoms with Crippen LogP contribution in [-0.2, 0) is 26.1 Å². The lowest BCUT2D eigenvalue weighted by molar-refractivity contribution is 0.414. The molecule has 1 aliphatic heterocycles. The Bertz CT molecular complexity index is 854. The molecule has 0 unspecified atom stereocenters. The maximum atomic E-state index is 5.19. The van der Waals surface area contributed by atoms with Crippen molar-refractivity contribution in [2.45, 2.75) is 32.5 Å². The van der Waals surface area contributed by atoms with Crippen LogP contribution in [0.1, 0.15) is 23.5 Å². The van der Waals surface area contributed by atoms with Crippen molar-refractivity contribution in [1.29, 1.82) is 0 Å². The van der Waals surface area contributed by atoms with E-state index in [2.05, 4.69) is 35.7 Å². The van der Waals surface area contributed by atoms with Gasteiger partial charge in [0.05, 0.1) is 25.8 Å². The van der Waals surface area contributed by atoms with Crippen LogP contribution in [0.15, 0.2) is 30.6 Å². The number of nitrogens with zero attached hydrogens (tertiary/aromatic N) is 6. The summed E-state index contributed by atoms with van der Waals surface area (Å²) in [5, 5.41) is 18.7. The van der Waals surface area contributed by atoms with Gasteiger partial charge in [0.1, 0.15) is 11.6 Å². The molecule has 2 aromatic heterocycles. The van der Waals surface area contributed by atoms with Gasteiger partial charge in [-0.2, -0.15) is 0 Å². The van der Waals surface area contributed by atoms with Gasteiger partial charge in [-0.05, 0) is 34.5 Å². The minimum atomic E-state index is 0.700. The van der Waals surface area contributed by atoms with Crippen LogP contribution in [0.3, 0.4) is 0 Å². The second kappa shape index (κ2) is 7.52. The van der Waals surface area contributed by atoms with Crippen molar-refractivity contribution in [1.82, 2.24) is 35.1 Å². The normalized spacial score (nSPS) is 13.3. The SMILES string of the molecule is COc1ccc(Cc2nnnn2CCCn2cnc3c2CNCN3)cc1. The summed E-state index contributed by atoms with van der Waals surface area (Å²) in [6, 6.07) is 7.98. The quantitative estimate of drug-likeness (QED) is 0.654. The molecule has 0 aliphatic carbocycles. The van der Waals surface area contributed by atoms with E-state index in [9.17, 15) is 0 Å². The molecule has 0 bridgehead atoms. The molecule has 4 rings (SSSR count). The van der Waals surface area contributed by atoms with Gasteiger partial charge in [-0.15, -0.1) is 5.10 Å². The van der Waals surface area contributed by atoms with Gasteiger partial charge in [0.25, 0.3) is 0 Å². The van der Waals surface area contributed by atoms with Crippen molar-refractivity contribution >= 4 is 5.82 Å². The largest absolute Gasteiger partial charge is 0.497 e. The third-order valence-electron chi connectivity index (χ3n) is 4.52. The Kier molecular flexibility index (Phi) is 4.78. The molecule has 1 aromatic carbocycles. The monoisotopic (exact) mass is 354 g/mol. The van der Waals surface area contributed by atoms with E-state index in [1.54, 1.807) is 7.11 Å².